The number of aromatic nitrogens is 2. The van der Waals surface area contributed by atoms with Gasteiger partial charge in [0.2, 0.25) is 5.91 Å². The second-order valence-electron chi connectivity index (χ2n) is 6.35. The molecule has 3 amide bonds. The molecule has 130 valence electrons. The van der Waals surface area contributed by atoms with Gasteiger partial charge < -0.3 is 10.6 Å². The quantitative estimate of drug-likeness (QED) is 0.919. The first kappa shape index (κ1) is 16.9. The number of nitrogens with zero attached hydrogens (tertiary/aromatic N) is 4. The van der Waals surface area contributed by atoms with E-state index in [9.17, 15) is 9.59 Å². The van der Waals surface area contributed by atoms with Crippen molar-refractivity contribution in [1.29, 1.82) is 0 Å². The highest BCUT2D eigenvalue weighted by molar-refractivity contribution is 5.91. The molecular formula is C18H21N5O2. The Kier molecular flexibility index (Phi) is 4.65. The van der Waals surface area contributed by atoms with Crippen molar-refractivity contribution in [2.24, 2.45) is 5.73 Å². The molecule has 0 saturated heterocycles. The van der Waals surface area contributed by atoms with Gasteiger partial charge in [0, 0.05) is 50.4 Å². The summed E-state index contributed by atoms with van der Waals surface area (Å²) in [5, 5.41) is 0. The zero-order valence-electron chi connectivity index (χ0n) is 14.4. The molecule has 0 radical (unpaired) electrons. The Labute approximate surface area is 146 Å². The number of aryl methyl sites for hydroxylation is 1. The third-order valence-electron chi connectivity index (χ3n) is 4.27. The summed E-state index contributed by atoms with van der Waals surface area (Å²) in [6.45, 7) is 0.596. The SMILES string of the molecule is CN(C)C(=O)Cc1cncc(-c2cnc3c(c2)CCCN3C(N)=O)c1. The highest BCUT2D eigenvalue weighted by Gasteiger charge is 2.22. The lowest BCUT2D eigenvalue weighted by molar-refractivity contribution is -0.127. The van der Waals surface area contributed by atoms with Crippen LogP contribution in [0.4, 0.5) is 10.6 Å². The van der Waals surface area contributed by atoms with Crippen molar-refractivity contribution in [3.8, 4) is 11.1 Å². The normalized spacial score (nSPS) is 13.3. The number of urea groups is 1. The summed E-state index contributed by atoms with van der Waals surface area (Å²) < 4.78 is 0. The van der Waals surface area contributed by atoms with Crippen LogP contribution in [0.25, 0.3) is 11.1 Å². The number of pyridine rings is 2. The zero-order chi connectivity index (χ0) is 18.0. The summed E-state index contributed by atoms with van der Waals surface area (Å²) in [7, 11) is 3.47. The molecule has 7 heteroatoms. The Hall–Kier alpha value is -2.96. The molecule has 7 nitrogen and oxygen atoms in total. The fourth-order valence-corrected chi connectivity index (χ4v) is 2.91. The minimum absolute atomic E-state index is 0.0274. The monoisotopic (exact) mass is 339 g/mol. The molecule has 0 spiro atoms. The third kappa shape index (κ3) is 3.60. The molecule has 0 aliphatic carbocycles. The van der Waals surface area contributed by atoms with Gasteiger partial charge in [-0.2, -0.15) is 0 Å². The van der Waals surface area contributed by atoms with Crippen LogP contribution in [-0.2, 0) is 17.6 Å². The topological polar surface area (TPSA) is 92.4 Å². The first-order chi connectivity index (χ1) is 12.0. The Morgan fingerprint density at radius 3 is 2.68 bits per heavy atom. The molecule has 0 atom stereocenters. The van der Waals surface area contributed by atoms with Crippen LogP contribution < -0.4 is 10.6 Å². The van der Waals surface area contributed by atoms with Crippen LogP contribution in [0, 0.1) is 0 Å². The number of carbonyl (C=O) groups is 2. The maximum Gasteiger partial charge on any atom is 0.320 e. The maximum absolute atomic E-state index is 11.9. The average Bonchev–Trinajstić information content (AvgIpc) is 2.60. The molecule has 0 bridgehead atoms. The molecule has 2 aromatic rings. The van der Waals surface area contributed by atoms with Crippen LogP contribution in [0.3, 0.4) is 0 Å². The molecule has 3 heterocycles. The smallest absolute Gasteiger partial charge is 0.320 e. The Morgan fingerprint density at radius 2 is 1.96 bits per heavy atom. The maximum atomic E-state index is 11.9. The van der Waals surface area contributed by atoms with Crippen molar-refractivity contribution in [3.63, 3.8) is 0 Å². The van der Waals surface area contributed by atoms with Crippen molar-refractivity contribution < 1.29 is 9.59 Å². The van der Waals surface area contributed by atoms with E-state index in [-0.39, 0.29) is 5.91 Å². The number of fused-ring (bicyclic) bond motifs is 1. The third-order valence-corrected chi connectivity index (χ3v) is 4.27. The van der Waals surface area contributed by atoms with E-state index in [0.29, 0.717) is 18.8 Å². The standard InChI is InChI=1S/C18H21N5O2/c1-22(2)16(24)7-12-6-14(10-20-9-12)15-8-13-4-3-5-23(18(19)25)17(13)21-11-15/h6,8-11H,3-5,7H2,1-2H3,(H2,19,25). The van der Waals surface area contributed by atoms with Crippen molar-refractivity contribution in [1.82, 2.24) is 14.9 Å². The lowest BCUT2D eigenvalue weighted by Crippen LogP contribution is -2.40. The first-order valence-electron chi connectivity index (χ1n) is 8.16. The van der Waals surface area contributed by atoms with Crippen LogP contribution in [0.15, 0.2) is 30.7 Å². The number of rotatable bonds is 3. The first-order valence-corrected chi connectivity index (χ1v) is 8.16. The molecule has 0 unspecified atom stereocenters. The second kappa shape index (κ2) is 6.88. The summed E-state index contributed by atoms with van der Waals surface area (Å²) in [4.78, 5) is 35.2. The number of amides is 3. The number of nitrogens with two attached hydrogens (primary N) is 1. The fraction of sp³-hybridized carbons (Fsp3) is 0.333. The summed E-state index contributed by atoms with van der Waals surface area (Å²) >= 11 is 0. The van der Waals surface area contributed by atoms with Gasteiger partial charge in [-0.1, -0.05) is 0 Å². The lowest BCUT2D eigenvalue weighted by Gasteiger charge is -2.26. The van der Waals surface area contributed by atoms with Crippen molar-refractivity contribution >= 4 is 17.8 Å². The molecule has 2 aromatic heterocycles. The van der Waals surface area contributed by atoms with Gasteiger partial charge in [0.1, 0.15) is 5.82 Å². The predicted octanol–water partition coefficient (Wildman–Crippen LogP) is 1.61. The molecule has 0 fully saturated rings. The molecule has 1 aliphatic rings. The molecule has 1 aliphatic heterocycles. The average molecular weight is 339 g/mol. The van der Waals surface area contributed by atoms with Gasteiger partial charge in [-0.3, -0.25) is 14.7 Å². The molecule has 2 N–H and O–H groups in total. The lowest BCUT2D eigenvalue weighted by atomic mass is 10.0. The van der Waals surface area contributed by atoms with E-state index in [2.05, 4.69) is 9.97 Å². The number of hydrogen-bond acceptors (Lipinski definition) is 4. The molecule has 25 heavy (non-hydrogen) atoms. The summed E-state index contributed by atoms with van der Waals surface area (Å²) in [5.74, 6) is 0.661. The van der Waals surface area contributed by atoms with Crippen LogP contribution in [0.2, 0.25) is 0 Å². The van der Waals surface area contributed by atoms with Crippen molar-refractivity contribution in [2.75, 3.05) is 25.5 Å². The van der Waals surface area contributed by atoms with Crippen LogP contribution in [0.1, 0.15) is 17.5 Å². The number of anilines is 1. The molecule has 0 aromatic carbocycles. The van der Waals surface area contributed by atoms with E-state index in [1.54, 1.807) is 37.6 Å². The Balaban J connectivity index is 1.90. The highest BCUT2D eigenvalue weighted by Crippen LogP contribution is 2.29. The van der Waals surface area contributed by atoms with E-state index < -0.39 is 6.03 Å². The number of hydrogen-bond donors (Lipinski definition) is 1. The van der Waals surface area contributed by atoms with Gasteiger partial charge in [0.15, 0.2) is 0 Å². The largest absolute Gasteiger partial charge is 0.351 e. The minimum Gasteiger partial charge on any atom is -0.351 e. The molecular weight excluding hydrogens is 318 g/mol. The summed E-state index contributed by atoms with van der Waals surface area (Å²) in [6, 6.07) is 3.49. The van der Waals surface area contributed by atoms with Gasteiger partial charge in [-0.15, -0.1) is 0 Å². The number of primary amides is 1. The van der Waals surface area contributed by atoms with E-state index in [0.717, 1.165) is 35.1 Å². The van der Waals surface area contributed by atoms with Gasteiger partial charge in [0.05, 0.1) is 6.42 Å². The summed E-state index contributed by atoms with van der Waals surface area (Å²) in [5.41, 5.74) is 9.09. The van der Waals surface area contributed by atoms with Gasteiger partial charge >= 0.3 is 6.03 Å². The minimum atomic E-state index is -0.480. The van der Waals surface area contributed by atoms with E-state index in [1.807, 2.05) is 12.1 Å². The zero-order valence-corrected chi connectivity index (χ0v) is 14.4. The van der Waals surface area contributed by atoms with Crippen molar-refractivity contribution in [3.05, 3.63) is 41.9 Å². The van der Waals surface area contributed by atoms with Gasteiger partial charge in [-0.25, -0.2) is 9.78 Å². The number of carbonyl (C=O) groups excluding carboxylic acids is 2. The molecule has 3 rings (SSSR count). The van der Waals surface area contributed by atoms with Crippen LogP contribution in [0.5, 0.6) is 0 Å². The van der Waals surface area contributed by atoms with Gasteiger partial charge in [-0.05, 0) is 36.1 Å². The van der Waals surface area contributed by atoms with Crippen LogP contribution >= 0.6 is 0 Å². The number of likely N-dealkylation sites (N-methyl/N-ethyl adjacent to an activating group) is 1. The Bertz CT molecular complexity index is 819. The van der Waals surface area contributed by atoms with E-state index in [1.165, 1.54) is 4.90 Å². The van der Waals surface area contributed by atoms with Gasteiger partial charge in [0.25, 0.3) is 0 Å². The summed E-state index contributed by atoms with van der Waals surface area (Å²) in [6.07, 6.45) is 7.19. The van der Waals surface area contributed by atoms with Crippen LogP contribution in [-0.4, -0.2) is 47.4 Å². The van der Waals surface area contributed by atoms with E-state index in [4.69, 9.17) is 5.73 Å². The predicted molar refractivity (Wildman–Crippen MR) is 95.1 cm³/mol. The van der Waals surface area contributed by atoms with Crippen molar-refractivity contribution in [2.45, 2.75) is 19.3 Å². The highest BCUT2D eigenvalue weighted by atomic mass is 16.2. The molecule has 0 saturated carbocycles. The Morgan fingerprint density at radius 1 is 1.20 bits per heavy atom. The van der Waals surface area contributed by atoms with E-state index >= 15 is 0 Å². The fourth-order valence-electron chi connectivity index (χ4n) is 2.91. The second-order valence-corrected chi connectivity index (χ2v) is 6.35.